The van der Waals surface area contributed by atoms with E-state index in [2.05, 4.69) is 47.1 Å². The average Bonchev–Trinajstić information content (AvgIpc) is 2.38. The fourth-order valence-corrected chi connectivity index (χ4v) is 4.83. The maximum absolute atomic E-state index is 5.94. The Morgan fingerprint density at radius 1 is 1.39 bits per heavy atom. The summed E-state index contributed by atoms with van der Waals surface area (Å²) in [6, 6.07) is 8.62. The van der Waals surface area contributed by atoms with Crippen molar-refractivity contribution in [2.24, 2.45) is 17.6 Å². The topological polar surface area (TPSA) is 26.0 Å². The molecule has 1 fully saturated rings. The van der Waals surface area contributed by atoms with Gasteiger partial charge in [-0.1, -0.05) is 41.8 Å². The van der Waals surface area contributed by atoms with Crippen LogP contribution in [-0.2, 0) is 0 Å². The van der Waals surface area contributed by atoms with Crippen molar-refractivity contribution >= 4 is 27.7 Å². The smallest absolute Gasteiger partial charge is 0.0186 e. The molecular formula is C15H22BrNS. The summed E-state index contributed by atoms with van der Waals surface area (Å²) in [7, 11) is 0. The minimum Gasteiger partial charge on any atom is -0.330 e. The van der Waals surface area contributed by atoms with E-state index in [4.69, 9.17) is 5.73 Å². The number of benzene rings is 1. The van der Waals surface area contributed by atoms with E-state index in [9.17, 15) is 0 Å². The lowest BCUT2D eigenvalue weighted by molar-refractivity contribution is 0.284. The van der Waals surface area contributed by atoms with Gasteiger partial charge in [0.2, 0.25) is 0 Å². The Hall–Kier alpha value is 0.01000. The second-order valence-corrected chi connectivity index (χ2v) is 7.43. The highest BCUT2D eigenvalue weighted by atomic mass is 79.9. The van der Waals surface area contributed by atoms with Gasteiger partial charge in [-0.25, -0.2) is 0 Å². The number of rotatable bonds is 4. The highest BCUT2D eigenvalue weighted by Gasteiger charge is 2.29. The van der Waals surface area contributed by atoms with Gasteiger partial charge in [-0.15, -0.1) is 11.8 Å². The van der Waals surface area contributed by atoms with Crippen LogP contribution in [0.2, 0.25) is 0 Å². The van der Waals surface area contributed by atoms with Crippen LogP contribution in [0.15, 0.2) is 33.6 Å². The second-order valence-electron chi connectivity index (χ2n) is 5.20. The number of nitrogens with two attached hydrogens (primary N) is 1. The Morgan fingerprint density at radius 2 is 2.22 bits per heavy atom. The molecular weight excluding hydrogens is 306 g/mol. The van der Waals surface area contributed by atoms with E-state index in [0.29, 0.717) is 11.2 Å². The van der Waals surface area contributed by atoms with E-state index < -0.39 is 0 Å². The standard InChI is InChI=1S/C15H22BrNS/c1-2-11-6-7-12(10-17)15(8-11)18-14-5-3-4-13(16)9-14/h3-5,9,11-12,15H,2,6-8,10,17H2,1H3. The Kier molecular flexibility index (Phi) is 5.58. The van der Waals surface area contributed by atoms with Gasteiger partial charge in [0, 0.05) is 14.6 Å². The summed E-state index contributed by atoms with van der Waals surface area (Å²) >= 11 is 5.57. The largest absolute Gasteiger partial charge is 0.330 e. The predicted molar refractivity (Wildman–Crippen MR) is 84.0 cm³/mol. The minimum atomic E-state index is 0.691. The van der Waals surface area contributed by atoms with Crippen LogP contribution in [0.5, 0.6) is 0 Å². The van der Waals surface area contributed by atoms with E-state index >= 15 is 0 Å². The summed E-state index contributed by atoms with van der Waals surface area (Å²) in [5.74, 6) is 1.59. The van der Waals surface area contributed by atoms with Gasteiger partial charge in [-0.05, 0) is 49.4 Å². The molecule has 0 radical (unpaired) electrons. The van der Waals surface area contributed by atoms with Gasteiger partial charge in [-0.3, -0.25) is 0 Å². The van der Waals surface area contributed by atoms with E-state index in [-0.39, 0.29) is 0 Å². The second kappa shape index (κ2) is 6.97. The summed E-state index contributed by atoms with van der Waals surface area (Å²) in [5.41, 5.74) is 5.94. The quantitative estimate of drug-likeness (QED) is 0.867. The van der Waals surface area contributed by atoms with Crippen molar-refractivity contribution in [1.82, 2.24) is 0 Å². The summed E-state index contributed by atoms with van der Waals surface area (Å²) in [5, 5.41) is 0.697. The first kappa shape index (κ1) is 14.4. The number of halogens is 1. The van der Waals surface area contributed by atoms with Crippen molar-refractivity contribution in [2.75, 3.05) is 6.54 Å². The van der Waals surface area contributed by atoms with Crippen LogP contribution in [0.25, 0.3) is 0 Å². The zero-order valence-corrected chi connectivity index (χ0v) is 13.3. The molecule has 3 heteroatoms. The normalized spacial score (nSPS) is 28.3. The lowest BCUT2D eigenvalue weighted by Gasteiger charge is -2.35. The van der Waals surface area contributed by atoms with Gasteiger partial charge in [-0.2, -0.15) is 0 Å². The first-order valence-electron chi connectivity index (χ1n) is 6.85. The molecule has 3 atom stereocenters. The molecule has 2 N–H and O–H groups in total. The molecule has 0 bridgehead atoms. The lowest BCUT2D eigenvalue weighted by Crippen LogP contribution is -2.32. The highest BCUT2D eigenvalue weighted by Crippen LogP contribution is 2.40. The Labute approximate surface area is 123 Å². The third-order valence-electron chi connectivity index (χ3n) is 4.00. The van der Waals surface area contributed by atoms with Crippen LogP contribution in [-0.4, -0.2) is 11.8 Å². The molecule has 0 amide bonds. The van der Waals surface area contributed by atoms with Crippen LogP contribution in [0.4, 0.5) is 0 Å². The van der Waals surface area contributed by atoms with Crippen molar-refractivity contribution in [3.63, 3.8) is 0 Å². The minimum absolute atomic E-state index is 0.691. The van der Waals surface area contributed by atoms with Crippen molar-refractivity contribution in [3.8, 4) is 0 Å². The fourth-order valence-electron chi connectivity index (χ4n) is 2.77. The molecule has 0 heterocycles. The SMILES string of the molecule is CCC1CCC(CN)C(Sc2cccc(Br)c2)C1. The number of thioether (sulfide) groups is 1. The lowest BCUT2D eigenvalue weighted by atomic mass is 9.80. The van der Waals surface area contributed by atoms with E-state index in [0.717, 1.165) is 12.5 Å². The summed E-state index contributed by atoms with van der Waals surface area (Å²) in [6.07, 6.45) is 5.32. The summed E-state index contributed by atoms with van der Waals surface area (Å²) in [4.78, 5) is 1.37. The van der Waals surface area contributed by atoms with Crippen molar-refractivity contribution in [1.29, 1.82) is 0 Å². The molecule has 3 unspecified atom stereocenters. The maximum atomic E-state index is 5.94. The first-order chi connectivity index (χ1) is 8.72. The average molecular weight is 328 g/mol. The molecule has 1 aliphatic rings. The molecule has 0 aliphatic heterocycles. The summed E-state index contributed by atoms with van der Waals surface area (Å²) < 4.78 is 1.17. The van der Waals surface area contributed by atoms with Crippen LogP contribution >= 0.6 is 27.7 Å². The van der Waals surface area contributed by atoms with Gasteiger partial charge < -0.3 is 5.73 Å². The molecule has 1 saturated carbocycles. The van der Waals surface area contributed by atoms with Crippen LogP contribution < -0.4 is 5.73 Å². The van der Waals surface area contributed by atoms with E-state index in [1.54, 1.807) is 0 Å². The van der Waals surface area contributed by atoms with Crippen LogP contribution in [0.1, 0.15) is 32.6 Å². The van der Waals surface area contributed by atoms with Crippen LogP contribution in [0.3, 0.4) is 0 Å². The zero-order valence-electron chi connectivity index (χ0n) is 10.9. The third kappa shape index (κ3) is 3.75. The van der Waals surface area contributed by atoms with Crippen LogP contribution in [0, 0.1) is 11.8 Å². The molecule has 1 aromatic rings. The maximum Gasteiger partial charge on any atom is 0.0186 e. The number of hydrogen-bond acceptors (Lipinski definition) is 2. The van der Waals surface area contributed by atoms with Crippen molar-refractivity contribution in [2.45, 2.75) is 42.8 Å². The predicted octanol–water partition coefficient (Wildman–Crippen LogP) is 4.69. The highest BCUT2D eigenvalue weighted by molar-refractivity contribution is 9.10. The molecule has 2 rings (SSSR count). The molecule has 1 aliphatic carbocycles. The molecule has 1 aromatic carbocycles. The Bertz CT molecular complexity index is 383. The van der Waals surface area contributed by atoms with Gasteiger partial charge >= 0.3 is 0 Å². The Morgan fingerprint density at radius 3 is 2.89 bits per heavy atom. The molecule has 1 nitrogen and oxygen atoms in total. The molecule has 18 heavy (non-hydrogen) atoms. The molecule has 0 saturated heterocycles. The van der Waals surface area contributed by atoms with Gasteiger partial charge in [0.05, 0.1) is 0 Å². The van der Waals surface area contributed by atoms with Gasteiger partial charge in [0.15, 0.2) is 0 Å². The van der Waals surface area contributed by atoms with Crippen molar-refractivity contribution in [3.05, 3.63) is 28.7 Å². The summed E-state index contributed by atoms with van der Waals surface area (Å²) in [6.45, 7) is 3.15. The zero-order chi connectivity index (χ0) is 13.0. The monoisotopic (exact) mass is 327 g/mol. The molecule has 100 valence electrons. The van der Waals surface area contributed by atoms with Gasteiger partial charge in [0.1, 0.15) is 0 Å². The fraction of sp³-hybridized carbons (Fsp3) is 0.600. The van der Waals surface area contributed by atoms with Gasteiger partial charge in [0.25, 0.3) is 0 Å². The Balaban J connectivity index is 2.04. The molecule has 0 spiro atoms. The van der Waals surface area contributed by atoms with E-state index in [1.165, 1.54) is 35.1 Å². The number of hydrogen-bond donors (Lipinski definition) is 1. The first-order valence-corrected chi connectivity index (χ1v) is 8.52. The van der Waals surface area contributed by atoms with E-state index in [1.807, 2.05) is 11.8 Å². The van der Waals surface area contributed by atoms with Crippen molar-refractivity contribution < 1.29 is 0 Å². The third-order valence-corrected chi connectivity index (χ3v) is 5.90. The molecule has 0 aromatic heterocycles.